The number of nitrogens with one attached hydrogen (secondary N) is 1. The summed E-state index contributed by atoms with van der Waals surface area (Å²) in [4.78, 5) is 17.6. The highest BCUT2D eigenvalue weighted by atomic mass is 79.9. The zero-order valence-electron chi connectivity index (χ0n) is 14.7. The predicted molar refractivity (Wildman–Crippen MR) is 119 cm³/mol. The number of fused-ring (bicyclic) bond motifs is 1. The zero-order valence-corrected chi connectivity index (χ0v) is 17.8. The Hall–Kier alpha value is -2.47. The molecular formula is C22H12BrCl2FN2O. The maximum atomic E-state index is 14.2. The van der Waals surface area contributed by atoms with Gasteiger partial charge in [-0.3, -0.25) is 4.79 Å². The van der Waals surface area contributed by atoms with Crippen molar-refractivity contribution in [3.05, 3.63) is 92.6 Å². The summed E-state index contributed by atoms with van der Waals surface area (Å²) in [5, 5.41) is 4.12. The number of amides is 1. The van der Waals surface area contributed by atoms with Crippen molar-refractivity contribution in [3.63, 3.8) is 0 Å². The number of para-hydroxylation sites is 1. The summed E-state index contributed by atoms with van der Waals surface area (Å²) in [7, 11) is 0. The lowest BCUT2D eigenvalue weighted by Crippen LogP contribution is -2.14. The Bertz CT molecular complexity index is 1260. The van der Waals surface area contributed by atoms with Gasteiger partial charge in [-0.05, 0) is 42.5 Å². The molecule has 3 aromatic carbocycles. The number of anilines is 1. The van der Waals surface area contributed by atoms with E-state index in [1.165, 1.54) is 12.1 Å². The average molecular weight is 490 g/mol. The van der Waals surface area contributed by atoms with E-state index in [-0.39, 0.29) is 5.69 Å². The van der Waals surface area contributed by atoms with E-state index in [2.05, 4.69) is 26.2 Å². The fourth-order valence-corrected chi connectivity index (χ4v) is 3.58. The molecule has 1 heterocycles. The molecule has 0 fully saturated rings. The molecule has 0 aliphatic carbocycles. The number of pyridine rings is 1. The quantitative estimate of drug-likeness (QED) is 0.326. The largest absolute Gasteiger partial charge is 0.319 e. The average Bonchev–Trinajstić information content (AvgIpc) is 2.71. The third-order valence-electron chi connectivity index (χ3n) is 4.36. The van der Waals surface area contributed by atoms with E-state index in [1.54, 1.807) is 36.4 Å². The van der Waals surface area contributed by atoms with Gasteiger partial charge in [0.15, 0.2) is 0 Å². The van der Waals surface area contributed by atoms with Crippen molar-refractivity contribution >= 4 is 61.6 Å². The maximum Gasteiger partial charge on any atom is 0.256 e. The number of hydrogen-bond acceptors (Lipinski definition) is 2. The van der Waals surface area contributed by atoms with Crippen molar-refractivity contribution < 1.29 is 9.18 Å². The van der Waals surface area contributed by atoms with Crippen LogP contribution in [0.3, 0.4) is 0 Å². The van der Waals surface area contributed by atoms with E-state index in [9.17, 15) is 9.18 Å². The number of hydrogen-bond donors (Lipinski definition) is 1. The summed E-state index contributed by atoms with van der Waals surface area (Å²) >= 11 is 15.3. The highest BCUT2D eigenvalue weighted by Crippen LogP contribution is 2.30. The Morgan fingerprint density at radius 1 is 0.966 bits per heavy atom. The van der Waals surface area contributed by atoms with Crippen LogP contribution in [-0.4, -0.2) is 10.9 Å². The molecule has 0 spiro atoms. The van der Waals surface area contributed by atoms with Crippen molar-refractivity contribution in [3.8, 4) is 11.3 Å². The van der Waals surface area contributed by atoms with Crippen LogP contribution < -0.4 is 5.32 Å². The van der Waals surface area contributed by atoms with Gasteiger partial charge in [0.2, 0.25) is 0 Å². The Balaban J connectivity index is 1.82. The maximum absolute atomic E-state index is 14.2. The summed E-state index contributed by atoms with van der Waals surface area (Å²) in [5.41, 5.74) is 2.38. The van der Waals surface area contributed by atoms with Crippen molar-refractivity contribution in [2.75, 3.05) is 5.32 Å². The summed E-state index contributed by atoms with van der Waals surface area (Å²) in [6, 6.07) is 18.5. The lowest BCUT2D eigenvalue weighted by atomic mass is 10.0. The van der Waals surface area contributed by atoms with Crippen LogP contribution in [0.15, 0.2) is 71.2 Å². The molecule has 3 nitrogen and oxygen atoms in total. The number of carbonyl (C=O) groups excluding carboxylic acids is 1. The first-order chi connectivity index (χ1) is 13.9. The van der Waals surface area contributed by atoms with Gasteiger partial charge in [-0.15, -0.1) is 0 Å². The Labute approximate surface area is 184 Å². The van der Waals surface area contributed by atoms with Gasteiger partial charge in [-0.1, -0.05) is 63.4 Å². The monoisotopic (exact) mass is 488 g/mol. The van der Waals surface area contributed by atoms with Gasteiger partial charge in [0.05, 0.1) is 32.5 Å². The standard InChI is InChI=1S/C22H12BrCl2FN2O/c23-13-6-8-20(18(26)10-13)28-22(29)15-11-21(12-5-7-16(24)17(25)9-12)27-19-4-2-1-3-14(15)19/h1-11H,(H,28,29). The van der Waals surface area contributed by atoms with Crippen LogP contribution in [0.5, 0.6) is 0 Å². The molecule has 0 bridgehead atoms. The number of benzene rings is 3. The third kappa shape index (κ3) is 4.13. The van der Waals surface area contributed by atoms with Crippen molar-refractivity contribution in [1.29, 1.82) is 0 Å². The minimum Gasteiger partial charge on any atom is -0.319 e. The number of nitrogens with zero attached hydrogens (tertiary/aromatic N) is 1. The molecule has 4 aromatic rings. The van der Waals surface area contributed by atoms with Crippen molar-refractivity contribution in [2.45, 2.75) is 0 Å². The van der Waals surface area contributed by atoms with Gasteiger partial charge in [-0.2, -0.15) is 0 Å². The van der Waals surface area contributed by atoms with Crippen LogP contribution in [0.25, 0.3) is 22.2 Å². The lowest BCUT2D eigenvalue weighted by Gasteiger charge is -2.12. The molecule has 0 atom stereocenters. The van der Waals surface area contributed by atoms with Crippen LogP contribution in [-0.2, 0) is 0 Å². The fourth-order valence-electron chi connectivity index (χ4n) is 2.95. The van der Waals surface area contributed by atoms with Crippen LogP contribution in [0.4, 0.5) is 10.1 Å². The number of rotatable bonds is 3. The second kappa shape index (κ2) is 8.11. The van der Waals surface area contributed by atoms with Crippen LogP contribution >= 0.6 is 39.1 Å². The van der Waals surface area contributed by atoms with Crippen LogP contribution in [0, 0.1) is 5.82 Å². The second-order valence-corrected chi connectivity index (χ2v) is 8.01. The van der Waals surface area contributed by atoms with Gasteiger partial charge in [0, 0.05) is 15.4 Å². The van der Waals surface area contributed by atoms with Gasteiger partial charge in [0.1, 0.15) is 5.82 Å². The van der Waals surface area contributed by atoms with E-state index in [0.29, 0.717) is 42.2 Å². The Morgan fingerprint density at radius 2 is 1.76 bits per heavy atom. The molecule has 1 amide bonds. The van der Waals surface area contributed by atoms with Gasteiger partial charge < -0.3 is 5.32 Å². The smallest absolute Gasteiger partial charge is 0.256 e. The minimum atomic E-state index is -0.532. The predicted octanol–water partition coefficient (Wildman–Crippen LogP) is 7.36. The van der Waals surface area contributed by atoms with E-state index < -0.39 is 11.7 Å². The SMILES string of the molecule is O=C(Nc1ccc(Br)cc1F)c1cc(-c2ccc(Cl)c(Cl)c2)nc2ccccc12. The van der Waals surface area contributed by atoms with Gasteiger partial charge in [-0.25, -0.2) is 9.37 Å². The molecule has 1 aromatic heterocycles. The molecule has 29 heavy (non-hydrogen) atoms. The van der Waals surface area contributed by atoms with Gasteiger partial charge in [0.25, 0.3) is 5.91 Å². The molecule has 0 unspecified atom stereocenters. The molecule has 0 saturated heterocycles. The van der Waals surface area contributed by atoms with E-state index >= 15 is 0 Å². The normalized spacial score (nSPS) is 10.9. The second-order valence-electron chi connectivity index (χ2n) is 6.28. The van der Waals surface area contributed by atoms with Gasteiger partial charge >= 0.3 is 0 Å². The van der Waals surface area contributed by atoms with E-state index in [4.69, 9.17) is 23.2 Å². The molecule has 1 N–H and O–H groups in total. The summed E-state index contributed by atoms with van der Waals surface area (Å²) < 4.78 is 14.8. The molecule has 144 valence electrons. The summed E-state index contributed by atoms with van der Waals surface area (Å²) in [6.07, 6.45) is 0. The summed E-state index contributed by atoms with van der Waals surface area (Å²) in [5.74, 6) is -0.970. The van der Waals surface area contributed by atoms with Crippen LogP contribution in [0.2, 0.25) is 10.0 Å². The topological polar surface area (TPSA) is 42.0 Å². The third-order valence-corrected chi connectivity index (χ3v) is 5.59. The highest BCUT2D eigenvalue weighted by molar-refractivity contribution is 9.10. The van der Waals surface area contributed by atoms with Crippen LogP contribution in [0.1, 0.15) is 10.4 Å². The highest BCUT2D eigenvalue weighted by Gasteiger charge is 2.16. The summed E-state index contributed by atoms with van der Waals surface area (Å²) in [6.45, 7) is 0. The first kappa shape index (κ1) is 19.8. The van der Waals surface area contributed by atoms with Crippen molar-refractivity contribution in [2.24, 2.45) is 0 Å². The molecule has 4 rings (SSSR count). The molecule has 0 saturated carbocycles. The number of carbonyl (C=O) groups is 1. The first-order valence-corrected chi connectivity index (χ1v) is 10.1. The zero-order chi connectivity index (χ0) is 20.5. The number of halogens is 4. The Morgan fingerprint density at radius 3 is 2.52 bits per heavy atom. The molecular weight excluding hydrogens is 478 g/mol. The molecule has 0 radical (unpaired) electrons. The molecule has 7 heteroatoms. The lowest BCUT2D eigenvalue weighted by molar-refractivity contribution is 0.102. The molecule has 0 aliphatic heterocycles. The van der Waals surface area contributed by atoms with Crippen molar-refractivity contribution in [1.82, 2.24) is 4.98 Å². The number of aromatic nitrogens is 1. The fraction of sp³-hybridized carbons (Fsp3) is 0. The molecule has 0 aliphatic rings. The Kier molecular flexibility index (Phi) is 5.54. The van der Waals surface area contributed by atoms with E-state index in [0.717, 1.165) is 0 Å². The van der Waals surface area contributed by atoms with E-state index in [1.807, 2.05) is 18.2 Å². The first-order valence-electron chi connectivity index (χ1n) is 8.54. The minimum absolute atomic E-state index is 0.0928.